The zero-order valence-corrected chi connectivity index (χ0v) is 17.7. The van der Waals surface area contributed by atoms with Crippen LogP contribution in [-0.4, -0.2) is 168 Å². The van der Waals surface area contributed by atoms with Crippen LogP contribution < -0.4 is 0 Å². The minimum Gasteiger partial charge on any atom is -0.394 e. The van der Waals surface area contributed by atoms with E-state index in [1.54, 1.807) is 0 Å². The number of hydrogen-bond acceptors (Lipinski definition) is 16. The topological polar surface area (TPSA) is 269 Å². The zero-order chi connectivity index (χ0) is 25.3. The molecule has 3 aliphatic heterocycles. The quantitative estimate of drug-likeness (QED) is 0.154. The lowest BCUT2D eigenvalue weighted by Gasteiger charge is -2.48. The molecule has 3 heterocycles. The van der Waals surface area contributed by atoms with Gasteiger partial charge in [0, 0.05) is 0 Å². The van der Waals surface area contributed by atoms with Gasteiger partial charge in [0.15, 0.2) is 18.9 Å². The maximum absolute atomic E-state index is 10.6. The van der Waals surface area contributed by atoms with Crippen LogP contribution in [-0.2, 0) is 23.7 Å². The molecule has 0 aliphatic carbocycles. The van der Waals surface area contributed by atoms with Gasteiger partial charge in [-0.3, -0.25) is 0 Å². The van der Waals surface area contributed by atoms with Gasteiger partial charge in [0.25, 0.3) is 0 Å². The van der Waals surface area contributed by atoms with Crippen molar-refractivity contribution in [1.29, 1.82) is 0 Å². The van der Waals surface area contributed by atoms with Crippen molar-refractivity contribution in [3.8, 4) is 0 Å². The second-order valence-corrected chi connectivity index (χ2v) is 8.33. The molecule has 0 radical (unpaired) electrons. The Hall–Kier alpha value is -0.640. The van der Waals surface area contributed by atoms with Crippen molar-refractivity contribution in [2.75, 3.05) is 19.8 Å². The lowest BCUT2D eigenvalue weighted by Crippen LogP contribution is -2.67. The fourth-order valence-electron chi connectivity index (χ4n) is 4.03. The fraction of sp³-hybridized carbons (Fsp3) is 1.00. The maximum atomic E-state index is 10.6. The van der Waals surface area contributed by atoms with Crippen molar-refractivity contribution in [2.24, 2.45) is 0 Å². The Kier molecular flexibility index (Phi) is 9.54. The van der Waals surface area contributed by atoms with E-state index in [9.17, 15) is 56.2 Å². The van der Waals surface area contributed by atoms with Crippen LogP contribution in [0.2, 0.25) is 0 Å². The van der Waals surface area contributed by atoms with Gasteiger partial charge < -0.3 is 79.9 Å². The van der Waals surface area contributed by atoms with Crippen molar-refractivity contribution in [3.63, 3.8) is 0 Å². The van der Waals surface area contributed by atoms with Gasteiger partial charge in [-0.25, -0.2) is 0 Å². The van der Waals surface area contributed by atoms with E-state index in [4.69, 9.17) is 23.7 Å². The van der Waals surface area contributed by atoms with Gasteiger partial charge in [0.1, 0.15) is 73.2 Å². The maximum Gasteiger partial charge on any atom is 0.187 e. The monoisotopic (exact) mass is 504 g/mol. The first-order chi connectivity index (χ1) is 16.0. The molecule has 3 rings (SSSR count). The van der Waals surface area contributed by atoms with E-state index >= 15 is 0 Å². The smallest absolute Gasteiger partial charge is 0.187 e. The lowest BCUT2D eigenvalue weighted by atomic mass is 9.96. The predicted octanol–water partition coefficient (Wildman–Crippen LogP) is -7.57. The highest BCUT2D eigenvalue weighted by Crippen LogP contribution is 2.32. The molecule has 15 atom stereocenters. The summed E-state index contributed by atoms with van der Waals surface area (Å²) in [5.41, 5.74) is 0. The first-order valence-corrected chi connectivity index (χ1v) is 10.6. The standard InChI is InChI=1S/C18H32O16/c19-1-4-7(22)10(25)12(27)17(31-4)33-14-9(24)6(3-21)30-16(29)15(14)34-18-13(28)11(26)8(23)5(2-20)32-18/h4-29H,1-3H2/t4-,5?,6-,7?,8?,9?,10?,11?,12?,13?,14?,15?,16?,17?,18+/m1/s1. The molecule has 0 bridgehead atoms. The third-order valence-electron chi connectivity index (χ3n) is 6.10. The summed E-state index contributed by atoms with van der Waals surface area (Å²) < 4.78 is 26.5. The van der Waals surface area contributed by atoms with Gasteiger partial charge in [0.05, 0.1) is 19.8 Å². The minimum atomic E-state index is -1.94. The van der Waals surface area contributed by atoms with Crippen molar-refractivity contribution >= 4 is 0 Å². The molecular weight excluding hydrogens is 472 g/mol. The van der Waals surface area contributed by atoms with Crippen LogP contribution in [0.3, 0.4) is 0 Å². The summed E-state index contributed by atoms with van der Waals surface area (Å²) in [4.78, 5) is 0. The third kappa shape index (κ3) is 5.37. The molecule has 0 saturated carbocycles. The summed E-state index contributed by atoms with van der Waals surface area (Å²) in [7, 11) is 0. The largest absolute Gasteiger partial charge is 0.394 e. The van der Waals surface area contributed by atoms with Crippen molar-refractivity contribution in [3.05, 3.63) is 0 Å². The SMILES string of the molecule is OCC1O[C@@H](OC2C(O)O[C@H](CO)C(O)C2OC2O[C@H](CO)C(O)C(O)C2O)C(O)C(O)C1O. The van der Waals surface area contributed by atoms with Crippen LogP contribution in [0.1, 0.15) is 0 Å². The molecule has 0 aromatic heterocycles. The minimum absolute atomic E-state index is 0.769. The Labute approximate surface area is 192 Å². The molecular formula is C18H32O16. The van der Waals surface area contributed by atoms with Gasteiger partial charge in [-0.05, 0) is 0 Å². The summed E-state index contributed by atoms with van der Waals surface area (Å²) in [6, 6.07) is 0. The molecule has 11 N–H and O–H groups in total. The van der Waals surface area contributed by atoms with Crippen LogP contribution in [0, 0.1) is 0 Å². The highest BCUT2D eigenvalue weighted by atomic mass is 16.8. The van der Waals surface area contributed by atoms with Crippen molar-refractivity contribution in [2.45, 2.75) is 92.1 Å². The summed E-state index contributed by atoms with van der Waals surface area (Å²) in [5, 5.41) is 109. The Morgan fingerprint density at radius 1 is 0.441 bits per heavy atom. The number of aliphatic hydroxyl groups excluding tert-OH is 11. The summed E-state index contributed by atoms with van der Waals surface area (Å²) in [6.45, 7) is -2.33. The predicted molar refractivity (Wildman–Crippen MR) is 101 cm³/mol. The van der Waals surface area contributed by atoms with Crippen molar-refractivity contribution < 1.29 is 79.9 Å². The molecule has 3 saturated heterocycles. The van der Waals surface area contributed by atoms with Crippen LogP contribution in [0.15, 0.2) is 0 Å². The van der Waals surface area contributed by atoms with Crippen LogP contribution in [0.5, 0.6) is 0 Å². The molecule has 0 amide bonds. The third-order valence-corrected chi connectivity index (χ3v) is 6.10. The second-order valence-electron chi connectivity index (χ2n) is 8.33. The van der Waals surface area contributed by atoms with Crippen LogP contribution in [0.4, 0.5) is 0 Å². The van der Waals surface area contributed by atoms with Gasteiger partial charge >= 0.3 is 0 Å². The molecule has 200 valence electrons. The Morgan fingerprint density at radius 2 is 0.824 bits per heavy atom. The molecule has 0 aromatic carbocycles. The van der Waals surface area contributed by atoms with E-state index < -0.39 is 112 Å². The van der Waals surface area contributed by atoms with E-state index in [0.717, 1.165) is 0 Å². The Balaban J connectivity index is 1.83. The fourth-order valence-corrected chi connectivity index (χ4v) is 4.03. The van der Waals surface area contributed by atoms with E-state index in [1.807, 2.05) is 0 Å². The van der Waals surface area contributed by atoms with Gasteiger partial charge in [-0.1, -0.05) is 0 Å². The molecule has 3 aliphatic rings. The lowest BCUT2D eigenvalue weighted by molar-refractivity contribution is -0.387. The molecule has 0 aromatic rings. The van der Waals surface area contributed by atoms with Crippen LogP contribution in [0.25, 0.3) is 0 Å². The molecule has 12 unspecified atom stereocenters. The van der Waals surface area contributed by atoms with Crippen LogP contribution >= 0.6 is 0 Å². The van der Waals surface area contributed by atoms with E-state index in [1.165, 1.54) is 0 Å². The summed E-state index contributed by atoms with van der Waals surface area (Å²) in [6.07, 6.45) is -25.6. The molecule has 16 nitrogen and oxygen atoms in total. The average Bonchev–Trinajstić information content (AvgIpc) is 2.83. The van der Waals surface area contributed by atoms with Crippen molar-refractivity contribution in [1.82, 2.24) is 0 Å². The number of aliphatic hydroxyl groups is 11. The van der Waals surface area contributed by atoms with Gasteiger partial charge in [-0.2, -0.15) is 0 Å². The van der Waals surface area contributed by atoms with E-state index in [2.05, 4.69) is 0 Å². The Morgan fingerprint density at radius 3 is 1.24 bits per heavy atom. The molecule has 0 spiro atoms. The number of hydrogen-bond donors (Lipinski definition) is 11. The zero-order valence-electron chi connectivity index (χ0n) is 17.7. The van der Waals surface area contributed by atoms with Gasteiger partial charge in [-0.15, -0.1) is 0 Å². The molecule has 16 heteroatoms. The summed E-state index contributed by atoms with van der Waals surface area (Å²) >= 11 is 0. The highest BCUT2D eigenvalue weighted by molar-refractivity contribution is 4.96. The molecule has 3 fully saturated rings. The first-order valence-electron chi connectivity index (χ1n) is 10.6. The molecule has 34 heavy (non-hydrogen) atoms. The average molecular weight is 504 g/mol. The normalized spacial score (nSPS) is 52.5. The summed E-state index contributed by atoms with van der Waals surface area (Å²) in [5.74, 6) is 0. The first kappa shape index (κ1) is 27.9. The number of rotatable bonds is 7. The van der Waals surface area contributed by atoms with Gasteiger partial charge in [0.2, 0.25) is 0 Å². The van der Waals surface area contributed by atoms with E-state index in [0.29, 0.717) is 0 Å². The number of ether oxygens (including phenoxy) is 5. The Bertz CT molecular complexity index is 637. The second kappa shape index (κ2) is 11.6. The van der Waals surface area contributed by atoms with E-state index in [-0.39, 0.29) is 0 Å². The highest BCUT2D eigenvalue weighted by Gasteiger charge is 2.53.